The average molecular weight is 362 g/mol. The number of rotatable bonds is 4. The van der Waals surface area contributed by atoms with Crippen molar-refractivity contribution in [3.8, 4) is 0 Å². The third kappa shape index (κ3) is 3.06. The number of nitrogens with one attached hydrogen (secondary N) is 1. The van der Waals surface area contributed by atoms with E-state index in [1.807, 2.05) is 30.6 Å². The fourth-order valence-electron chi connectivity index (χ4n) is 3.25. The maximum Gasteiger partial charge on any atom is 0.226 e. The van der Waals surface area contributed by atoms with E-state index in [4.69, 9.17) is 23.2 Å². The van der Waals surface area contributed by atoms with Crippen molar-refractivity contribution in [3.05, 3.63) is 46.5 Å². The maximum absolute atomic E-state index is 6.14. The second-order valence-corrected chi connectivity index (χ2v) is 6.86. The van der Waals surface area contributed by atoms with Gasteiger partial charge in [-0.15, -0.1) is 0 Å². The summed E-state index contributed by atoms with van der Waals surface area (Å²) < 4.78 is 2.14. The van der Waals surface area contributed by atoms with Crippen LogP contribution < -0.4 is 5.32 Å². The van der Waals surface area contributed by atoms with Crippen LogP contribution in [-0.2, 0) is 6.54 Å². The van der Waals surface area contributed by atoms with Crippen LogP contribution in [0.5, 0.6) is 0 Å². The van der Waals surface area contributed by atoms with Gasteiger partial charge in [-0.25, -0.2) is 4.98 Å². The molecule has 1 aliphatic rings. The summed E-state index contributed by atoms with van der Waals surface area (Å²) in [6.45, 7) is 0.621. The molecule has 3 aromatic rings. The lowest BCUT2D eigenvalue weighted by atomic mass is 10.2. The van der Waals surface area contributed by atoms with Crippen molar-refractivity contribution in [2.75, 3.05) is 5.32 Å². The van der Waals surface area contributed by atoms with Crippen molar-refractivity contribution < 1.29 is 0 Å². The van der Waals surface area contributed by atoms with Crippen LogP contribution in [0.4, 0.5) is 5.82 Å². The number of halogens is 2. The highest BCUT2D eigenvalue weighted by Crippen LogP contribution is 2.33. The molecule has 0 saturated heterocycles. The minimum atomic E-state index is 0.237. The summed E-state index contributed by atoms with van der Waals surface area (Å²) in [7, 11) is 0. The molecule has 1 aromatic carbocycles. The summed E-state index contributed by atoms with van der Waals surface area (Å²) >= 11 is 12.1. The molecule has 0 aliphatic heterocycles. The quantitative estimate of drug-likeness (QED) is 0.674. The Balaban J connectivity index is 1.63. The SMILES string of the molecule is Clc1ccc(CNc2nc(Cl)nc3c2ncn3C2CCCC2)cc1. The maximum atomic E-state index is 6.14. The smallest absolute Gasteiger partial charge is 0.226 e. The van der Waals surface area contributed by atoms with E-state index >= 15 is 0 Å². The Hall–Kier alpha value is -1.85. The highest BCUT2D eigenvalue weighted by atomic mass is 35.5. The molecule has 0 spiro atoms. The molecule has 1 fully saturated rings. The number of aromatic nitrogens is 4. The molecule has 0 amide bonds. The van der Waals surface area contributed by atoms with Crippen molar-refractivity contribution in [2.24, 2.45) is 0 Å². The summed E-state index contributed by atoms with van der Waals surface area (Å²) in [5.41, 5.74) is 2.68. The lowest BCUT2D eigenvalue weighted by Crippen LogP contribution is -2.06. The Labute approximate surface area is 150 Å². The van der Waals surface area contributed by atoms with Crippen molar-refractivity contribution in [1.82, 2.24) is 19.5 Å². The first-order valence-corrected chi connectivity index (χ1v) is 8.85. The Morgan fingerprint density at radius 1 is 1.08 bits per heavy atom. The molecule has 7 heteroatoms. The number of nitrogens with zero attached hydrogens (tertiary/aromatic N) is 4. The molecular weight excluding hydrogens is 345 g/mol. The van der Waals surface area contributed by atoms with Gasteiger partial charge in [-0.1, -0.05) is 36.6 Å². The van der Waals surface area contributed by atoms with Crippen LogP contribution in [0.3, 0.4) is 0 Å². The second-order valence-electron chi connectivity index (χ2n) is 6.08. The normalized spacial score (nSPS) is 15.2. The van der Waals surface area contributed by atoms with Gasteiger partial charge in [0, 0.05) is 17.6 Å². The molecule has 0 unspecified atom stereocenters. The molecule has 124 valence electrons. The third-order valence-electron chi connectivity index (χ3n) is 4.49. The number of imidazole rings is 1. The minimum Gasteiger partial charge on any atom is -0.364 e. The summed E-state index contributed by atoms with van der Waals surface area (Å²) in [4.78, 5) is 13.2. The fourth-order valence-corrected chi connectivity index (χ4v) is 3.54. The van der Waals surface area contributed by atoms with Crippen molar-refractivity contribution in [1.29, 1.82) is 0 Å². The van der Waals surface area contributed by atoms with Gasteiger partial charge in [0.25, 0.3) is 0 Å². The Morgan fingerprint density at radius 2 is 1.83 bits per heavy atom. The van der Waals surface area contributed by atoms with Crippen molar-refractivity contribution in [3.63, 3.8) is 0 Å². The van der Waals surface area contributed by atoms with E-state index in [0.717, 1.165) is 21.7 Å². The molecule has 4 rings (SSSR count). The van der Waals surface area contributed by atoms with E-state index < -0.39 is 0 Å². The van der Waals surface area contributed by atoms with Crippen LogP contribution in [0.15, 0.2) is 30.6 Å². The summed E-state index contributed by atoms with van der Waals surface area (Å²) in [6.07, 6.45) is 6.70. The number of hydrogen-bond donors (Lipinski definition) is 1. The van der Waals surface area contributed by atoms with E-state index in [0.29, 0.717) is 18.4 Å². The molecule has 1 N–H and O–H groups in total. The molecule has 1 saturated carbocycles. The molecule has 0 radical (unpaired) electrons. The third-order valence-corrected chi connectivity index (χ3v) is 4.91. The highest BCUT2D eigenvalue weighted by Gasteiger charge is 2.21. The number of fused-ring (bicyclic) bond motifs is 1. The molecule has 2 aromatic heterocycles. The average Bonchev–Trinajstić information content (AvgIpc) is 3.22. The van der Waals surface area contributed by atoms with E-state index in [9.17, 15) is 0 Å². The van der Waals surface area contributed by atoms with Gasteiger partial charge >= 0.3 is 0 Å². The molecule has 0 bridgehead atoms. The number of anilines is 1. The van der Waals surface area contributed by atoms with Gasteiger partial charge in [-0.3, -0.25) is 0 Å². The Bertz CT molecular complexity index is 853. The standard InChI is InChI=1S/C17H17Cl2N5/c18-12-7-5-11(6-8-12)9-20-15-14-16(23-17(19)22-15)24(10-21-14)13-3-1-2-4-13/h5-8,10,13H,1-4,9H2,(H,20,22,23). The number of hydrogen-bond acceptors (Lipinski definition) is 4. The van der Waals surface area contributed by atoms with Crippen molar-refractivity contribution in [2.45, 2.75) is 38.3 Å². The topological polar surface area (TPSA) is 55.6 Å². The first kappa shape index (κ1) is 15.7. The van der Waals surface area contributed by atoms with Gasteiger partial charge in [0.2, 0.25) is 5.28 Å². The zero-order valence-corrected chi connectivity index (χ0v) is 14.6. The lowest BCUT2D eigenvalue weighted by Gasteiger charge is -2.12. The molecular formula is C17H17Cl2N5. The lowest BCUT2D eigenvalue weighted by molar-refractivity contribution is 0.529. The van der Waals surface area contributed by atoms with E-state index in [2.05, 4.69) is 24.8 Å². The molecule has 5 nitrogen and oxygen atoms in total. The molecule has 2 heterocycles. The first-order chi connectivity index (χ1) is 11.7. The van der Waals surface area contributed by atoms with Gasteiger partial charge in [-0.2, -0.15) is 9.97 Å². The van der Waals surface area contributed by atoms with Crippen LogP contribution in [0.1, 0.15) is 37.3 Å². The summed E-state index contributed by atoms with van der Waals surface area (Å²) in [5, 5.41) is 4.27. The Morgan fingerprint density at radius 3 is 2.58 bits per heavy atom. The van der Waals surface area contributed by atoms with Gasteiger partial charge in [0.05, 0.1) is 6.33 Å². The zero-order valence-electron chi connectivity index (χ0n) is 13.0. The van der Waals surface area contributed by atoms with Crippen molar-refractivity contribution >= 4 is 40.2 Å². The summed E-state index contributed by atoms with van der Waals surface area (Å²) in [6, 6.07) is 8.16. The molecule has 24 heavy (non-hydrogen) atoms. The zero-order chi connectivity index (χ0) is 16.5. The Kier molecular flexibility index (Phi) is 4.29. The van der Waals surface area contributed by atoms with Crippen LogP contribution in [0.25, 0.3) is 11.2 Å². The fraction of sp³-hybridized carbons (Fsp3) is 0.353. The van der Waals surface area contributed by atoms with E-state index in [1.165, 1.54) is 25.7 Å². The highest BCUT2D eigenvalue weighted by molar-refractivity contribution is 6.30. The van der Waals surface area contributed by atoms with Crippen LogP contribution >= 0.6 is 23.2 Å². The minimum absolute atomic E-state index is 0.237. The first-order valence-electron chi connectivity index (χ1n) is 8.09. The van der Waals surface area contributed by atoms with Gasteiger partial charge in [0.15, 0.2) is 17.0 Å². The van der Waals surface area contributed by atoms with Gasteiger partial charge in [0.1, 0.15) is 0 Å². The molecule has 0 atom stereocenters. The predicted octanol–water partition coefficient (Wildman–Crippen LogP) is 4.86. The van der Waals surface area contributed by atoms with Gasteiger partial charge in [-0.05, 0) is 42.1 Å². The van der Waals surface area contributed by atoms with E-state index in [-0.39, 0.29) is 5.28 Å². The number of benzene rings is 1. The second kappa shape index (κ2) is 6.57. The monoisotopic (exact) mass is 361 g/mol. The van der Waals surface area contributed by atoms with Crippen LogP contribution in [-0.4, -0.2) is 19.5 Å². The molecule has 1 aliphatic carbocycles. The van der Waals surface area contributed by atoms with E-state index in [1.54, 1.807) is 0 Å². The predicted molar refractivity (Wildman–Crippen MR) is 96.6 cm³/mol. The largest absolute Gasteiger partial charge is 0.364 e. The van der Waals surface area contributed by atoms with Crippen LogP contribution in [0, 0.1) is 0 Å². The van der Waals surface area contributed by atoms with Crippen LogP contribution in [0.2, 0.25) is 10.3 Å². The van der Waals surface area contributed by atoms with Gasteiger partial charge < -0.3 is 9.88 Å². The summed E-state index contributed by atoms with van der Waals surface area (Å²) in [5.74, 6) is 0.664.